The monoisotopic (exact) mass is 251 g/mol. The number of hydrogen-bond donors (Lipinski definition) is 0. The van der Waals surface area contributed by atoms with E-state index in [1.807, 2.05) is 32.2 Å². The first-order valence-corrected chi connectivity index (χ1v) is 6.67. The van der Waals surface area contributed by atoms with E-state index in [0.717, 1.165) is 16.9 Å². The Morgan fingerprint density at radius 3 is 2.76 bits per heavy atom. The van der Waals surface area contributed by atoms with Crippen LogP contribution < -0.4 is 0 Å². The number of likely N-dealkylation sites (tertiary alicyclic amines) is 1. The fourth-order valence-electron chi connectivity index (χ4n) is 2.11. The van der Waals surface area contributed by atoms with Crippen LogP contribution in [-0.4, -0.2) is 28.7 Å². The van der Waals surface area contributed by atoms with Gasteiger partial charge in [-0.25, -0.2) is 0 Å². The Bertz CT molecular complexity index is 462. The molecule has 92 valence electrons. The highest BCUT2D eigenvalue weighted by Gasteiger charge is 2.37. The highest BCUT2D eigenvalue weighted by atomic mass is 32.1. The van der Waals surface area contributed by atoms with Crippen molar-refractivity contribution < 1.29 is 9.59 Å². The Kier molecular flexibility index (Phi) is 3.08. The van der Waals surface area contributed by atoms with Crippen molar-refractivity contribution in [2.75, 3.05) is 6.54 Å². The van der Waals surface area contributed by atoms with Gasteiger partial charge < -0.3 is 4.90 Å². The van der Waals surface area contributed by atoms with Gasteiger partial charge in [-0.3, -0.25) is 9.59 Å². The Morgan fingerprint density at radius 1 is 1.47 bits per heavy atom. The summed E-state index contributed by atoms with van der Waals surface area (Å²) in [6.07, 6.45) is 1.34. The predicted molar refractivity (Wildman–Crippen MR) is 68.4 cm³/mol. The van der Waals surface area contributed by atoms with Gasteiger partial charge in [0, 0.05) is 12.0 Å². The summed E-state index contributed by atoms with van der Waals surface area (Å²) in [4.78, 5) is 26.4. The second kappa shape index (κ2) is 4.26. The highest BCUT2D eigenvalue weighted by Crippen LogP contribution is 2.29. The van der Waals surface area contributed by atoms with E-state index in [4.69, 9.17) is 0 Å². The molecular weight excluding hydrogens is 234 g/mol. The molecule has 1 aromatic heterocycles. The first-order chi connectivity index (χ1) is 7.92. The largest absolute Gasteiger partial charge is 0.325 e. The van der Waals surface area contributed by atoms with Crippen molar-refractivity contribution in [1.29, 1.82) is 0 Å². The number of thiophene rings is 1. The van der Waals surface area contributed by atoms with E-state index in [1.165, 1.54) is 11.3 Å². The second-order valence-corrected chi connectivity index (χ2v) is 6.09. The number of amides is 1. The average molecular weight is 251 g/mol. The molecule has 1 fully saturated rings. The van der Waals surface area contributed by atoms with Crippen LogP contribution in [0.3, 0.4) is 0 Å². The molecule has 17 heavy (non-hydrogen) atoms. The molecule has 2 heterocycles. The number of carbonyl (C=O) groups excluding carboxylic acids is 2. The van der Waals surface area contributed by atoms with Crippen LogP contribution in [0.15, 0.2) is 11.4 Å². The molecule has 1 aliphatic rings. The summed E-state index contributed by atoms with van der Waals surface area (Å²) in [6, 6.07) is 1.94. The van der Waals surface area contributed by atoms with Gasteiger partial charge in [0.15, 0.2) is 5.78 Å². The molecule has 2 rings (SSSR count). The number of hydrogen-bond acceptors (Lipinski definition) is 3. The van der Waals surface area contributed by atoms with Crippen LogP contribution in [-0.2, 0) is 4.79 Å². The van der Waals surface area contributed by atoms with Gasteiger partial charge in [-0.05, 0) is 44.2 Å². The Morgan fingerprint density at radius 2 is 2.18 bits per heavy atom. The van der Waals surface area contributed by atoms with Gasteiger partial charge in [-0.15, -0.1) is 11.3 Å². The topological polar surface area (TPSA) is 37.4 Å². The van der Waals surface area contributed by atoms with E-state index in [2.05, 4.69) is 0 Å². The molecule has 0 unspecified atom stereocenters. The predicted octanol–water partition coefficient (Wildman–Crippen LogP) is 2.64. The molecule has 4 heteroatoms. The van der Waals surface area contributed by atoms with E-state index < -0.39 is 0 Å². The quantitative estimate of drug-likeness (QED) is 0.769. The number of carbonyl (C=O) groups is 2. The number of Topliss-reactive ketones (excluding diaryl/α,β-unsaturated/α-hetero) is 1. The zero-order valence-corrected chi connectivity index (χ0v) is 11.3. The minimum Gasteiger partial charge on any atom is -0.325 e. The number of aryl methyl sites for hydroxylation is 1. The Balaban J connectivity index is 2.29. The van der Waals surface area contributed by atoms with Gasteiger partial charge in [-0.1, -0.05) is 0 Å². The molecule has 3 nitrogen and oxygen atoms in total. The smallest absolute Gasteiger partial charge is 0.265 e. The average Bonchev–Trinajstić information content (AvgIpc) is 2.67. The van der Waals surface area contributed by atoms with Crippen LogP contribution in [0, 0.1) is 6.92 Å². The van der Waals surface area contributed by atoms with Crippen molar-refractivity contribution in [3.63, 3.8) is 0 Å². The third-order valence-corrected chi connectivity index (χ3v) is 4.39. The maximum atomic E-state index is 12.4. The Hall–Kier alpha value is -1.16. The summed E-state index contributed by atoms with van der Waals surface area (Å²) < 4.78 is 0. The van der Waals surface area contributed by atoms with Crippen LogP contribution in [0.25, 0.3) is 0 Å². The van der Waals surface area contributed by atoms with Crippen molar-refractivity contribution in [2.45, 2.75) is 39.2 Å². The minimum absolute atomic E-state index is 0.00412. The standard InChI is InChI=1S/C13H17NO2S/c1-9-5-7-17-11(9)12(16)14-8-10(15)4-6-13(14,2)3/h5,7H,4,6,8H2,1-3H3. The molecule has 1 amide bonds. The molecular formula is C13H17NO2S. The fraction of sp³-hybridized carbons (Fsp3) is 0.538. The molecule has 0 radical (unpaired) electrons. The number of piperidine rings is 1. The van der Waals surface area contributed by atoms with Gasteiger partial charge in [0.25, 0.3) is 5.91 Å². The minimum atomic E-state index is -0.221. The van der Waals surface area contributed by atoms with E-state index in [9.17, 15) is 9.59 Å². The molecule has 0 atom stereocenters. The molecule has 0 spiro atoms. The molecule has 0 aromatic carbocycles. The molecule has 1 aliphatic heterocycles. The lowest BCUT2D eigenvalue weighted by Crippen LogP contribution is -2.53. The summed E-state index contributed by atoms with van der Waals surface area (Å²) in [5, 5.41) is 1.92. The van der Waals surface area contributed by atoms with E-state index in [-0.39, 0.29) is 23.8 Å². The third kappa shape index (κ3) is 2.27. The lowest BCUT2D eigenvalue weighted by molar-refractivity contribution is -0.124. The summed E-state index contributed by atoms with van der Waals surface area (Å²) >= 11 is 1.45. The third-order valence-electron chi connectivity index (χ3n) is 3.38. The van der Waals surface area contributed by atoms with Gasteiger partial charge in [0.1, 0.15) is 0 Å². The maximum absolute atomic E-state index is 12.4. The first kappa shape index (κ1) is 12.3. The van der Waals surface area contributed by atoms with Gasteiger partial charge in [0.2, 0.25) is 0 Å². The zero-order valence-electron chi connectivity index (χ0n) is 10.4. The number of ketones is 1. The molecule has 1 aromatic rings. The van der Waals surface area contributed by atoms with Crippen LogP contribution in [0.4, 0.5) is 0 Å². The van der Waals surface area contributed by atoms with Crippen molar-refractivity contribution in [3.8, 4) is 0 Å². The maximum Gasteiger partial charge on any atom is 0.265 e. The van der Waals surface area contributed by atoms with Gasteiger partial charge in [-0.2, -0.15) is 0 Å². The summed E-state index contributed by atoms with van der Waals surface area (Å²) in [5.74, 6) is 0.155. The highest BCUT2D eigenvalue weighted by molar-refractivity contribution is 7.12. The number of nitrogens with zero attached hydrogens (tertiary/aromatic N) is 1. The van der Waals surface area contributed by atoms with Gasteiger partial charge in [0.05, 0.1) is 11.4 Å². The molecule has 0 N–H and O–H groups in total. The normalized spacial score (nSPS) is 19.5. The van der Waals surface area contributed by atoms with Crippen LogP contribution in [0.2, 0.25) is 0 Å². The lowest BCUT2D eigenvalue weighted by Gasteiger charge is -2.41. The fourth-order valence-corrected chi connectivity index (χ4v) is 2.98. The summed E-state index contributed by atoms with van der Waals surface area (Å²) in [6.45, 7) is 6.24. The van der Waals surface area contributed by atoms with Crippen LogP contribution >= 0.6 is 11.3 Å². The van der Waals surface area contributed by atoms with Crippen molar-refractivity contribution in [1.82, 2.24) is 4.90 Å². The first-order valence-electron chi connectivity index (χ1n) is 5.79. The van der Waals surface area contributed by atoms with Crippen LogP contribution in [0.1, 0.15) is 41.9 Å². The van der Waals surface area contributed by atoms with Gasteiger partial charge >= 0.3 is 0 Å². The SMILES string of the molecule is Cc1ccsc1C(=O)N1CC(=O)CCC1(C)C. The molecule has 1 saturated heterocycles. The second-order valence-electron chi connectivity index (χ2n) is 5.18. The lowest BCUT2D eigenvalue weighted by atomic mass is 9.89. The van der Waals surface area contributed by atoms with Crippen molar-refractivity contribution in [3.05, 3.63) is 21.9 Å². The Labute approximate surface area is 105 Å². The zero-order chi connectivity index (χ0) is 12.6. The van der Waals surface area contributed by atoms with Crippen LogP contribution in [0.5, 0.6) is 0 Å². The van der Waals surface area contributed by atoms with E-state index >= 15 is 0 Å². The number of rotatable bonds is 1. The van der Waals surface area contributed by atoms with E-state index in [0.29, 0.717) is 6.42 Å². The van der Waals surface area contributed by atoms with Crippen molar-refractivity contribution >= 4 is 23.0 Å². The molecule has 0 aliphatic carbocycles. The van der Waals surface area contributed by atoms with Crippen molar-refractivity contribution in [2.24, 2.45) is 0 Å². The summed E-state index contributed by atoms with van der Waals surface area (Å²) in [5.41, 5.74) is 0.773. The van der Waals surface area contributed by atoms with E-state index in [1.54, 1.807) is 4.90 Å². The summed E-state index contributed by atoms with van der Waals surface area (Å²) in [7, 11) is 0. The molecule has 0 saturated carbocycles. The molecule has 0 bridgehead atoms.